The third-order valence-corrected chi connectivity index (χ3v) is 1.50. The Labute approximate surface area is 67.4 Å². The molecule has 1 aromatic carbocycles. The lowest BCUT2D eigenvalue weighted by Gasteiger charge is -2.12. The van der Waals surface area contributed by atoms with E-state index in [1.54, 1.807) is 12.2 Å². The van der Waals surface area contributed by atoms with Crippen molar-refractivity contribution in [1.29, 1.82) is 0 Å². The zero-order valence-corrected chi connectivity index (χ0v) is 6.87. The van der Waals surface area contributed by atoms with E-state index in [1.807, 2.05) is 31.3 Å². The van der Waals surface area contributed by atoms with E-state index in [0.29, 0.717) is 0 Å². The zero-order valence-electron chi connectivity index (χ0n) is 6.87. The van der Waals surface area contributed by atoms with Crippen LogP contribution in [0.5, 0.6) is 0 Å². The molecular weight excluding hydrogens is 138 g/mol. The third kappa shape index (κ3) is 2.70. The summed E-state index contributed by atoms with van der Waals surface area (Å²) in [5.41, 5.74) is 1.23. The van der Waals surface area contributed by atoms with E-state index < -0.39 is 0 Å². The fourth-order valence-corrected chi connectivity index (χ4v) is 0.848. The molecule has 2 heteroatoms. The number of benzene rings is 1. The molecule has 0 N–H and O–H groups in total. The second-order valence-corrected chi connectivity index (χ2v) is 2.38. The van der Waals surface area contributed by atoms with Gasteiger partial charge in [0.05, 0.1) is 7.11 Å². The summed E-state index contributed by atoms with van der Waals surface area (Å²) in [6.07, 6.45) is 0. The molecule has 0 atom stereocenters. The summed E-state index contributed by atoms with van der Waals surface area (Å²) in [5, 5.41) is 1.77. The van der Waals surface area contributed by atoms with Crippen LogP contribution in [0.15, 0.2) is 24.3 Å². The van der Waals surface area contributed by atoms with Crippen molar-refractivity contribution in [2.45, 2.75) is 6.54 Å². The van der Waals surface area contributed by atoms with E-state index in [-0.39, 0.29) is 0 Å². The van der Waals surface area contributed by atoms with Gasteiger partial charge in [-0.2, -0.15) is 5.06 Å². The fourth-order valence-electron chi connectivity index (χ4n) is 0.848. The lowest BCUT2D eigenvalue weighted by Crippen LogP contribution is -2.15. The summed E-state index contributed by atoms with van der Waals surface area (Å²) < 4.78 is 0. The average Bonchev–Trinajstić information content (AvgIpc) is 2.06. The molecule has 1 rings (SSSR count). The Morgan fingerprint density at radius 2 is 2.09 bits per heavy atom. The Bertz CT molecular complexity index is 198. The normalized spacial score (nSPS) is 10.5. The van der Waals surface area contributed by atoms with Crippen molar-refractivity contribution < 1.29 is 4.84 Å². The monoisotopic (exact) mass is 150 g/mol. The van der Waals surface area contributed by atoms with Crippen molar-refractivity contribution in [3.63, 3.8) is 0 Å². The van der Waals surface area contributed by atoms with Crippen LogP contribution >= 0.6 is 0 Å². The first kappa shape index (κ1) is 8.24. The van der Waals surface area contributed by atoms with Crippen molar-refractivity contribution in [3.8, 4) is 0 Å². The van der Waals surface area contributed by atoms with Gasteiger partial charge in [0.25, 0.3) is 0 Å². The van der Waals surface area contributed by atoms with E-state index in [2.05, 4.69) is 6.07 Å². The quantitative estimate of drug-likeness (QED) is 0.605. The average molecular weight is 150 g/mol. The van der Waals surface area contributed by atoms with Gasteiger partial charge in [-0.25, -0.2) is 0 Å². The van der Waals surface area contributed by atoms with Crippen LogP contribution in [-0.2, 0) is 11.4 Å². The van der Waals surface area contributed by atoms with Crippen molar-refractivity contribution >= 4 is 0 Å². The van der Waals surface area contributed by atoms with E-state index >= 15 is 0 Å². The van der Waals surface area contributed by atoms with Gasteiger partial charge in [0, 0.05) is 13.6 Å². The molecule has 0 bridgehead atoms. The molecule has 0 amide bonds. The maximum absolute atomic E-state index is 4.98. The van der Waals surface area contributed by atoms with Gasteiger partial charge >= 0.3 is 0 Å². The van der Waals surface area contributed by atoms with Gasteiger partial charge in [0.2, 0.25) is 0 Å². The molecule has 2 nitrogen and oxygen atoms in total. The summed E-state index contributed by atoms with van der Waals surface area (Å²) in [6.45, 7) is 0.811. The topological polar surface area (TPSA) is 12.5 Å². The summed E-state index contributed by atoms with van der Waals surface area (Å²) in [6, 6.07) is 10.8. The third-order valence-electron chi connectivity index (χ3n) is 1.50. The van der Waals surface area contributed by atoms with Crippen LogP contribution in [0.4, 0.5) is 0 Å². The van der Waals surface area contributed by atoms with Crippen molar-refractivity contribution in [2.75, 3.05) is 14.2 Å². The Hall–Kier alpha value is -0.860. The predicted molar refractivity (Wildman–Crippen MR) is 43.8 cm³/mol. The number of nitrogens with zero attached hydrogens (tertiary/aromatic N) is 1. The second-order valence-electron chi connectivity index (χ2n) is 2.38. The number of hydroxylamine groups is 2. The molecule has 0 spiro atoms. The largest absolute Gasteiger partial charge is 0.302 e. The highest BCUT2D eigenvalue weighted by Gasteiger charge is 1.95. The van der Waals surface area contributed by atoms with Crippen LogP contribution in [0.25, 0.3) is 0 Å². The first-order valence-corrected chi connectivity index (χ1v) is 3.53. The van der Waals surface area contributed by atoms with Crippen molar-refractivity contribution in [1.82, 2.24) is 5.06 Å². The first-order valence-electron chi connectivity index (χ1n) is 3.53. The van der Waals surface area contributed by atoms with Gasteiger partial charge in [0.1, 0.15) is 0 Å². The molecule has 0 fully saturated rings. The molecule has 1 radical (unpaired) electrons. The molecule has 0 unspecified atom stereocenters. The van der Waals surface area contributed by atoms with Gasteiger partial charge < -0.3 is 4.84 Å². The second kappa shape index (κ2) is 4.11. The summed E-state index contributed by atoms with van der Waals surface area (Å²) in [7, 11) is 3.56. The molecule has 0 aliphatic rings. The number of hydrogen-bond donors (Lipinski definition) is 0. The molecule has 0 saturated heterocycles. The smallest absolute Gasteiger partial charge is 0.0575 e. The Balaban J connectivity index is 2.51. The SMILES string of the molecule is CON(C)Cc1cc[c]cc1. The van der Waals surface area contributed by atoms with Crippen LogP contribution in [0.1, 0.15) is 5.56 Å². The Morgan fingerprint density at radius 3 is 2.64 bits per heavy atom. The van der Waals surface area contributed by atoms with E-state index in [4.69, 9.17) is 4.84 Å². The fraction of sp³-hybridized carbons (Fsp3) is 0.333. The van der Waals surface area contributed by atoms with E-state index in [9.17, 15) is 0 Å². The minimum atomic E-state index is 0.811. The van der Waals surface area contributed by atoms with Gasteiger partial charge in [-0.05, 0) is 11.6 Å². The maximum Gasteiger partial charge on any atom is 0.0575 e. The summed E-state index contributed by atoms with van der Waals surface area (Å²) in [4.78, 5) is 4.98. The first-order chi connectivity index (χ1) is 5.33. The van der Waals surface area contributed by atoms with Crippen molar-refractivity contribution in [3.05, 3.63) is 35.9 Å². The Kier molecular flexibility index (Phi) is 3.08. The minimum Gasteiger partial charge on any atom is -0.302 e. The van der Waals surface area contributed by atoms with Crippen LogP contribution < -0.4 is 0 Å². The van der Waals surface area contributed by atoms with E-state index in [0.717, 1.165) is 6.54 Å². The minimum absolute atomic E-state index is 0.811. The Morgan fingerprint density at radius 1 is 1.45 bits per heavy atom. The molecule has 0 heterocycles. The molecule has 11 heavy (non-hydrogen) atoms. The number of rotatable bonds is 3. The van der Waals surface area contributed by atoms with Crippen LogP contribution in [0, 0.1) is 6.07 Å². The molecular formula is C9H12NO. The number of hydrogen-bond acceptors (Lipinski definition) is 2. The molecule has 1 aromatic rings. The van der Waals surface area contributed by atoms with Gasteiger partial charge in [0.15, 0.2) is 0 Å². The van der Waals surface area contributed by atoms with E-state index in [1.165, 1.54) is 5.56 Å². The highest BCUT2D eigenvalue weighted by Crippen LogP contribution is 2.00. The molecule has 59 valence electrons. The molecule has 0 saturated carbocycles. The van der Waals surface area contributed by atoms with Gasteiger partial charge in [-0.1, -0.05) is 24.3 Å². The molecule has 0 aliphatic carbocycles. The summed E-state index contributed by atoms with van der Waals surface area (Å²) >= 11 is 0. The van der Waals surface area contributed by atoms with Crippen molar-refractivity contribution in [2.24, 2.45) is 0 Å². The lowest BCUT2D eigenvalue weighted by molar-refractivity contribution is -0.116. The highest BCUT2D eigenvalue weighted by molar-refractivity contribution is 5.13. The molecule has 0 aliphatic heterocycles. The van der Waals surface area contributed by atoms with Crippen LogP contribution in [0.2, 0.25) is 0 Å². The highest BCUT2D eigenvalue weighted by atomic mass is 16.7. The van der Waals surface area contributed by atoms with Crippen LogP contribution in [0.3, 0.4) is 0 Å². The summed E-state index contributed by atoms with van der Waals surface area (Å²) in [5.74, 6) is 0. The lowest BCUT2D eigenvalue weighted by atomic mass is 10.2. The predicted octanol–water partition coefficient (Wildman–Crippen LogP) is 1.48. The van der Waals surface area contributed by atoms with Gasteiger partial charge in [-0.15, -0.1) is 0 Å². The van der Waals surface area contributed by atoms with Gasteiger partial charge in [-0.3, -0.25) is 0 Å². The molecule has 0 aromatic heterocycles. The standard InChI is InChI=1S/C9H12NO/c1-10(11-2)8-9-6-4-3-5-7-9/h4-7H,8H2,1-2H3. The maximum atomic E-state index is 4.98. The zero-order chi connectivity index (χ0) is 8.10. The van der Waals surface area contributed by atoms with Crippen LogP contribution in [-0.4, -0.2) is 19.2 Å².